The van der Waals surface area contributed by atoms with Gasteiger partial charge in [0.2, 0.25) is 0 Å². The number of aryl methyl sites for hydroxylation is 1. The smallest absolute Gasteiger partial charge is 0.336 e. The van der Waals surface area contributed by atoms with E-state index in [9.17, 15) is 14.7 Å². The molecule has 0 saturated heterocycles. The summed E-state index contributed by atoms with van der Waals surface area (Å²) in [5.41, 5.74) is 0.833. The monoisotopic (exact) mass is 259 g/mol. The van der Waals surface area contributed by atoms with Crippen molar-refractivity contribution in [2.24, 2.45) is 5.92 Å². The van der Waals surface area contributed by atoms with Crippen LogP contribution in [-0.4, -0.2) is 15.6 Å². The summed E-state index contributed by atoms with van der Waals surface area (Å²) >= 11 is 0. The standard InChI is InChI=1S/C15H17NO3/c1-10(2)8-9-16-13-5-3-4-12(15(18)19)11(13)6-7-14(16)17/h3-7,10H,8-9H2,1-2H3,(H,18,19). The van der Waals surface area contributed by atoms with Gasteiger partial charge in [0, 0.05) is 18.0 Å². The molecule has 0 aliphatic heterocycles. The SMILES string of the molecule is CC(C)CCn1c(=O)ccc2c(C(=O)O)cccc21. The number of pyridine rings is 1. The Balaban J connectivity index is 2.62. The summed E-state index contributed by atoms with van der Waals surface area (Å²) in [7, 11) is 0. The number of rotatable bonds is 4. The number of carbonyl (C=O) groups is 1. The van der Waals surface area contributed by atoms with E-state index in [0.717, 1.165) is 6.42 Å². The minimum Gasteiger partial charge on any atom is -0.478 e. The summed E-state index contributed by atoms with van der Waals surface area (Å²) in [5.74, 6) is -0.482. The Hall–Kier alpha value is -2.10. The molecular formula is C15H17NO3. The highest BCUT2D eigenvalue weighted by molar-refractivity contribution is 6.02. The molecule has 100 valence electrons. The Morgan fingerprint density at radius 1 is 1.26 bits per heavy atom. The molecule has 0 saturated carbocycles. The molecule has 0 bridgehead atoms. The lowest BCUT2D eigenvalue weighted by atomic mass is 10.1. The Morgan fingerprint density at radius 2 is 2.00 bits per heavy atom. The zero-order chi connectivity index (χ0) is 14.0. The molecule has 1 N–H and O–H groups in total. The number of nitrogens with zero attached hydrogens (tertiary/aromatic N) is 1. The molecule has 2 rings (SSSR count). The van der Waals surface area contributed by atoms with Gasteiger partial charge in [0.05, 0.1) is 11.1 Å². The number of carboxylic acid groups (broad SMARTS) is 1. The van der Waals surface area contributed by atoms with Gasteiger partial charge < -0.3 is 9.67 Å². The maximum atomic E-state index is 11.9. The molecule has 0 unspecified atom stereocenters. The fourth-order valence-corrected chi connectivity index (χ4v) is 2.13. The van der Waals surface area contributed by atoms with Crippen molar-refractivity contribution in [2.75, 3.05) is 0 Å². The van der Waals surface area contributed by atoms with Gasteiger partial charge in [-0.3, -0.25) is 4.79 Å². The molecule has 0 fully saturated rings. The molecule has 0 spiro atoms. The van der Waals surface area contributed by atoms with Crippen LogP contribution >= 0.6 is 0 Å². The second-order valence-electron chi connectivity index (χ2n) is 5.05. The first-order valence-electron chi connectivity index (χ1n) is 6.36. The number of benzene rings is 1. The molecule has 0 amide bonds. The van der Waals surface area contributed by atoms with Crippen LogP contribution in [0.1, 0.15) is 30.6 Å². The molecule has 4 nitrogen and oxygen atoms in total. The van der Waals surface area contributed by atoms with Crippen molar-refractivity contribution < 1.29 is 9.90 Å². The predicted molar refractivity (Wildman–Crippen MR) is 74.6 cm³/mol. The van der Waals surface area contributed by atoms with Crippen LogP contribution < -0.4 is 5.56 Å². The van der Waals surface area contributed by atoms with Crippen molar-refractivity contribution in [1.82, 2.24) is 4.57 Å². The molecule has 0 aliphatic carbocycles. The van der Waals surface area contributed by atoms with Crippen LogP contribution in [0.4, 0.5) is 0 Å². The molecule has 0 aliphatic rings. The largest absolute Gasteiger partial charge is 0.478 e. The summed E-state index contributed by atoms with van der Waals surface area (Å²) in [6.07, 6.45) is 0.885. The van der Waals surface area contributed by atoms with Crippen molar-refractivity contribution in [3.63, 3.8) is 0 Å². The lowest BCUT2D eigenvalue weighted by Crippen LogP contribution is -2.20. The molecule has 4 heteroatoms. The van der Waals surface area contributed by atoms with E-state index in [0.29, 0.717) is 23.4 Å². The maximum absolute atomic E-state index is 11.9. The number of aromatic carboxylic acids is 1. The Morgan fingerprint density at radius 3 is 2.63 bits per heavy atom. The second-order valence-corrected chi connectivity index (χ2v) is 5.05. The Bertz CT molecular complexity index is 671. The fourth-order valence-electron chi connectivity index (χ4n) is 2.13. The van der Waals surface area contributed by atoms with E-state index < -0.39 is 5.97 Å². The first-order valence-corrected chi connectivity index (χ1v) is 6.36. The fraction of sp³-hybridized carbons (Fsp3) is 0.333. The van der Waals surface area contributed by atoms with E-state index in [4.69, 9.17) is 0 Å². The second kappa shape index (κ2) is 5.26. The van der Waals surface area contributed by atoms with Gasteiger partial charge in [0.25, 0.3) is 5.56 Å². The van der Waals surface area contributed by atoms with Gasteiger partial charge in [-0.05, 0) is 30.5 Å². The molecular weight excluding hydrogens is 242 g/mol. The molecule has 1 aromatic heterocycles. The number of aromatic nitrogens is 1. The number of fused-ring (bicyclic) bond motifs is 1. The molecule has 1 heterocycles. The van der Waals surface area contributed by atoms with Crippen LogP contribution in [0.3, 0.4) is 0 Å². The summed E-state index contributed by atoms with van der Waals surface area (Å²) < 4.78 is 1.65. The topological polar surface area (TPSA) is 59.3 Å². The molecule has 2 aromatic rings. The highest BCUT2D eigenvalue weighted by atomic mass is 16.4. The summed E-state index contributed by atoms with van der Waals surface area (Å²) in [6, 6.07) is 8.06. The van der Waals surface area contributed by atoms with Crippen LogP contribution in [0, 0.1) is 5.92 Å². The lowest BCUT2D eigenvalue weighted by molar-refractivity contribution is 0.0699. The van der Waals surface area contributed by atoms with Crippen molar-refractivity contribution in [3.8, 4) is 0 Å². The van der Waals surface area contributed by atoms with Crippen molar-refractivity contribution in [2.45, 2.75) is 26.8 Å². The highest BCUT2D eigenvalue weighted by Gasteiger charge is 2.11. The first-order chi connectivity index (χ1) is 9.00. The third-order valence-corrected chi connectivity index (χ3v) is 3.19. The Kier molecular flexibility index (Phi) is 3.69. The van der Waals surface area contributed by atoms with Gasteiger partial charge in [0.1, 0.15) is 0 Å². The van der Waals surface area contributed by atoms with Crippen LogP contribution in [-0.2, 0) is 6.54 Å². The minimum absolute atomic E-state index is 0.0873. The number of hydrogen-bond acceptors (Lipinski definition) is 2. The van der Waals surface area contributed by atoms with Gasteiger partial charge in [-0.25, -0.2) is 4.79 Å². The Labute approximate surface area is 111 Å². The number of carboxylic acids is 1. The third-order valence-electron chi connectivity index (χ3n) is 3.19. The van der Waals surface area contributed by atoms with Crippen LogP contribution in [0.2, 0.25) is 0 Å². The highest BCUT2D eigenvalue weighted by Crippen LogP contribution is 2.18. The third kappa shape index (κ3) is 2.67. The molecule has 0 radical (unpaired) electrons. The van der Waals surface area contributed by atoms with Gasteiger partial charge >= 0.3 is 5.97 Å². The van der Waals surface area contributed by atoms with E-state index in [1.165, 1.54) is 6.07 Å². The van der Waals surface area contributed by atoms with Crippen molar-refractivity contribution >= 4 is 16.9 Å². The van der Waals surface area contributed by atoms with Gasteiger partial charge in [-0.15, -0.1) is 0 Å². The van der Waals surface area contributed by atoms with E-state index >= 15 is 0 Å². The minimum atomic E-state index is -0.973. The van der Waals surface area contributed by atoms with Gasteiger partial charge in [0.15, 0.2) is 0 Å². The zero-order valence-electron chi connectivity index (χ0n) is 11.1. The quantitative estimate of drug-likeness (QED) is 0.918. The van der Waals surface area contributed by atoms with E-state index in [1.807, 2.05) is 0 Å². The maximum Gasteiger partial charge on any atom is 0.336 e. The molecule has 0 atom stereocenters. The summed E-state index contributed by atoms with van der Waals surface area (Å²) in [4.78, 5) is 23.1. The average Bonchev–Trinajstić information content (AvgIpc) is 2.36. The summed E-state index contributed by atoms with van der Waals surface area (Å²) in [6.45, 7) is 4.80. The predicted octanol–water partition coefficient (Wildman–Crippen LogP) is 2.75. The van der Waals surface area contributed by atoms with Gasteiger partial charge in [-0.1, -0.05) is 19.9 Å². The normalized spacial score (nSPS) is 11.1. The molecule has 19 heavy (non-hydrogen) atoms. The van der Waals surface area contributed by atoms with Crippen molar-refractivity contribution in [1.29, 1.82) is 0 Å². The zero-order valence-corrected chi connectivity index (χ0v) is 11.1. The molecule has 1 aromatic carbocycles. The number of hydrogen-bond donors (Lipinski definition) is 1. The van der Waals surface area contributed by atoms with Crippen LogP contribution in [0.25, 0.3) is 10.9 Å². The van der Waals surface area contributed by atoms with Crippen LogP contribution in [0.5, 0.6) is 0 Å². The summed E-state index contributed by atoms with van der Waals surface area (Å²) in [5, 5.41) is 9.78. The van der Waals surface area contributed by atoms with Gasteiger partial charge in [-0.2, -0.15) is 0 Å². The van der Waals surface area contributed by atoms with E-state index in [1.54, 1.807) is 28.8 Å². The first kappa shape index (κ1) is 13.3. The average molecular weight is 259 g/mol. The lowest BCUT2D eigenvalue weighted by Gasteiger charge is -2.12. The van der Waals surface area contributed by atoms with Crippen LogP contribution in [0.15, 0.2) is 35.1 Å². The van der Waals surface area contributed by atoms with E-state index in [2.05, 4.69) is 13.8 Å². The van der Waals surface area contributed by atoms with Crippen molar-refractivity contribution in [3.05, 3.63) is 46.2 Å². The van der Waals surface area contributed by atoms with E-state index in [-0.39, 0.29) is 11.1 Å².